The highest BCUT2D eigenvalue weighted by Gasteiger charge is 2.43. The largest absolute Gasteiger partial charge is 0.338 e. The normalized spacial score (nSPS) is 24.1. The van der Waals surface area contributed by atoms with Crippen LogP contribution in [0.15, 0.2) is 34.9 Å². The minimum absolute atomic E-state index is 0.198. The molecule has 2 atom stereocenters. The van der Waals surface area contributed by atoms with Gasteiger partial charge in [0.05, 0.1) is 0 Å². The Kier molecular flexibility index (Phi) is 1.99. The quantitative estimate of drug-likeness (QED) is 0.781. The fraction of sp³-hybridized carbons (Fsp3) is 0.273. The van der Waals surface area contributed by atoms with Crippen LogP contribution in [0.5, 0.6) is 0 Å². The molecular weight excluding hydrogens is 212 g/mol. The van der Waals surface area contributed by atoms with E-state index in [1.807, 2.05) is 18.2 Å². The molecule has 3 nitrogen and oxygen atoms in total. The smallest absolute Gasteiger partial charge is 0.263 e. The highest BCUT2D eigenvalue weighted by atomic mass is 35.5. The zero-order chi connectivity index (χ0) is 10.3. The van der Waals surface area contributed by atoms with E-state index in [4.69, 9.17) is 16.1 Å². The first-order valence-corrected chi connectivity index (χ1v) is 5.26. The predicted molar refractivity (Wildman–Crippen MR) is 55.8 cm³/mol. The zero-order valence-corrected chi connectivity index (χ0v) is 8.69. The fourth-order valence-corrected chi connectivity index (χ4v) is 2.02. The minimum atomic E-state index is 0.198. The summed E-state index contributed by atoms with van der Waals surface area (Å²) < 4.78 is 5.05. The molecule has 0 saturated heterocycles. The van der Waals surface area contributed by atoms with E-state index in [1.165, 1.54) is 5.56 Å². The molecule has 76 valence electrons. The molecule has 1 aromatic heterocycles. The highest BCUT2D eigenvalue weighted by Crippen LogP contribution is 2.53. The van der Waals surface area contributed by atoms with Crippen molar-refractivity contribution in [3.8, 4) is 0 Å². The second kappa shape index (κ2) is 3.35. The molecule has 2 aromatic rings. The minimum Gasteiger partial charge on any atom is -0.338 e. The van der Waals surface area contributed by atoms with E-state index in [0.29, 0.717) is 17.7 Å². The Morgan fingerprint density at radius 1 is 1.20 bits per heavy atom. The number of benzene rings is 1. The molecule has 4 heteroatoms. The summed E-state index contributed by atoms with van der Waals surface area (Å²) in [6, 6.07) is 10.4. The lowest BCUT2D eigenvalue weighted by Gasteiger charge is -1.95. The molecule has 1 aliphatic carbocycles. The van der Waals surface area contributed by atoms with Gasteiger partial charge >= 0.3 is 0 Å². The molecule has 0 spiro atoms. The summed E-state index contributed by atoms with van der Waals surface area (Å²) >= 11 is 5.61. The van der Waals surface area contributed by atoms with E-state index in [0.717, 1.165) is 6.42 Å². The van der Waals surface area contributed by atoms with Gasteiger partial charge in [0.2, 0.25) is 5.89 Å². The third-order valence-corrected chi connectivity index (χ3v) is 2.91. The predicted octanol–water partition coefficient (Wildman–Crippen LogP) is 2.99. The van der Waals surface area contributed by atoms with Crippen LogP contribution in [0.25, 0.3) is 0 Å². The number of nitrogens with zero attached hydrogens (tertiary/aromatic N) is 2. The SMILES string of the molecule is Clc1noc(C2CC2c2ccccc2)n1. The first-order valence-electron chi connectivity index (χ1n) is 4.88. The van der Waals surface area contributed by atoms with Crippen molar-refractivity contribution in [3.05, 3.63) is 47.1 Å². The molecule has 0 aliphatic heterocycles. The monoisotopic (exact) mass is 220 g/mol. The van der Waals surface area contributed by atoms with Crippen molar-refractivity contribution in [2.75, 3.05) is 0 Å². The van der Waals surface area contributed by atoms with Gasteiger partial charge in [0.15, 0.2) is 0 Å². The lowest BCUT2D eigenvalue weighted by molar-refractivity contribution is 0.377. The molecule has 0 N–H and O–H groups in total. The Hall–Kier alpha value is -1.35. The van der Waals surface area contributed by atoms with Gasteiger partial charge in [-0.1, -0.05) is 30.3 Å². The number of hydrogen-bond donors (Lipinski definition) is 0. The van der Waals surface area contributed by atoms with Gasteiger partial charge in [0.25, 0.3) is 5.28 Å². The van der Waals surface area contributed by atoms with Gasteiger partial charge in [-0.25, -0.2) is 0 Å². The maximum absolute atomic E-state index is 5.61. The summed E-state index contributed by atoms with van der Waals surface area (Å²) in [7, 11) is 0. The number of hydrogen-bond acceptors (Lipinski definition) is 3. The average molecular weight is 221 g/mol. The van der Waals surface area contributed by atoms with Crippen LogP contribution in [-0.2, 0) is 0 Å². The van der Waals surface area contributed by atoms with Crippen molar-refractivity contribution >= 4 is 11.6 Å². The maximum Gasteiger partial charge on any atom is 0.263 e. The van der Waals surface area contributed by atoms with Crippen molar-refractivity contribution < 1.29 is 4.52 Å². The second-order valence-corrected chi connectivity index (χ2v) is 4.10. The third-order valence-electron chi connectivity index (χ3n) is 2.75. The number of aromatic nitrogens is 2. The molecule has 0 radical (unpaired) electrons. The van der Waals surface area contributed by atoms with Crippen LogP contribution in [0.1, 0.15) is 29.7 Å². The number of rotatable bonds is 2. The average Bonchev–Trinajstić information content (AvgIpc) is 2.96. The van der Waals surface area contributed by atoms with Crippen LogP contribution in [0.4, 0.5) is 0 Å². The third kappa shape index (κ3) is 1.63. The van der Waals surface area contributed by atoms with Gasteiger partial charge in [-0.15, -0.1) is 0 Å². The molecule has 1 fully saturated rings. The van der Waals surface area contributed by atoms with Crippen LogP contribution in [0.3, 0.4) is 0 Å². The lowest BCUT2D eigenvalue weighted by Crippen LogP contribution is -1.83. The first-order chi connectivity index (χ1) is 7.34. The van der Waals surface area contributed by atoms with E-state index < -0.39 is 0 Å². The fourth-order valence-electron chi connectivity index (χ4n) is 1.90. The molecule has 1 aromatic carbocycles. The molecule has 1 aliphatic rings. The molecule has 15 heavy (non-hydrogen) atoms. The Balaban J connectivity index is 1.80. The molecule has 0 amide bonds. The summed E-state index contributed by atoms with van der Waals surface area (Å²) in [5.74, 6) is 1.53. The molecule has 0 bridgehead atoms. The van der Waals surface area contributed by atoms with Crippen molar-refractivity contribution in [1.29, 1.82) is 0 Å². The summed E-state index contributed by atoms with van der Waals surface area (Å²) in [5, 5.41) is 3.78. The summed E-state index contributed by atoms with van der Waals surface area (Å²) in [4.78, 5) is 4.04. The van der Waals surface area contributed by atoms with Crippen LogP contribution in [-0.4, -0.2) is 10.1 Å². The molecule has 2 unspecified atom stereocenters. The standard InChI is InChI=1S/C11H9ClN2O/c12-11-13-10(15-14-11)9-6-8(9)7-4-2-1-3-5-7/h1-5,8-9H,6H2. The zero-order valence-electron chi connectivity index (χ0n) is 7.93. The van der Waals surface area contributed by atoms with Gasteiger partial charge in [-0.2, -0.15) is 4.98 Å². The van der Waals surface area contributed by atoms with Crippen molar-refractivity contribution in [3.63, 3.8) is 0 Å². The molecular formula is C11H9ClN2O. The van der Waals surface area contributed by atoms with Crippen molar-refractivity contribution in [1.82, 2.24) is 10.1 Å². The van der Waals surface area contributed by atoms with Gasteiger partial charge in [0, 0.05) is 5.92 Å². The van der Waals surface area contributed by atoms with Gasteiger partial charge < -0.3 is 4.52 Å². The van der Waals surface area contributed by atoms with E-state index in [-0.39, 0.29) is 5.28 Å². The maximum atomic E-state index is 5.61. The lowest BCUT2D eigenvalue weighted by atomic mass is 10.1. The van der Waals surface area contributed by atoms with E-state index in [2.05, 4.69) is 22.3 Å². The van der Waals surface area contributed by atoms with Crippen LogP contribution >= 0.6 is 11.6 Å². The Bertz CT molecular complexity index is 468. The molecule has 1 saturated carbocycles. The van der Waals surface area contributed by atoms with Crippen LogP contribution in [0.2, 0.25) is 5.28 Å². The highest BCUT2D eigenvalue weighted by molar-refractivity contribution is 6.28. The first kappa shape index (κ1) is 8.92. The van der Waals surface area contributed by atoms with Crippen LogP contribution in [0, 0.1) is 0 Å². The Morgan fingerprint density at radius 2 is 2.00 bits per heavy atom. The van der Waals surface area contributed by atoms with Crippen molar-refractivity contribution in [2.24, 2.45) is 0 Å². The Labute approximate surface area is 92.1 Å². The van der Waals surface area contributed by atoms with E-state index >= 15 is 0 Å². The number of halogens is 1. The van der Waals surface area contributed by atoms with Crippen molar-refractivity contribution in [2.45, 2.75) is 18.3 Å². The van der Waals surface area contributed by atoms with E-state index in [9.17, 15) is 0 Å². The van der Waals surface area contributed by atoms with Gasteiger partial charge in [-0.05, 0) is 34.7 Å². The van der Waals surface area contributed by atoms with E-state index in [1.54, 1.807) is 0 Å². The Morgan fingerprint density at radius 3 is 2.67 bits per heavy atom. The summed E-state index contributed by atoms with van der Waals surface area (Å²) in [5.41, 5.74) is 1.33. The molecule has 1 heterocycles. The topological polar surface area (TPSA) is 38.9 Å². The van der Waals surface area contributed by atoms with Gasteiger partial charge in [0.1, 0.15) is 0 Å². The summed E-state index contributed by atoms with van der Waals surface area (Å²) in [6.07, 6.45) is 1.07. The molecule has 3 rings (SSSR count). The van der Waals surface area contributed by atoms with Gasteiger partial charge in [-0.3, -0.25) is 0 Å². The van der Waals surface area contributed by atoms with Crippen LogP contribution < -0.4 is 0 Å². The second-order valence-electron chi connectivity index (χ2n) is 3.76. The summed E-state index contributed by atoms with van der Waals surface area (Å²) in [6.45, 7) is 0.